The molecule has 0 aliphatic rings. The van der Waals surface area contributed by atoms with E-state index in [4.69, 9.17) is 11.6 Å². The molecule has 0 atom stereocenters. The van der Waals surface area contributed by atoms with Gasteiger partial charge >= 0.3 is 0 Å². The van der Waals surface area contributed by atoms with Gasteiger partial charge in [-0.15, -0.1) is 21.8 Å². The summed E-state index contributed by atoms with van der Waals surface area (Å²) in [7, 11) is 0. The largest absolute Gasteiger partial charge is 0.204 e. The summed E-state index contributed by atoms with van der Waals surface area (Å²) in [6.07, 6.45) is 0. The van der Waals surface area contributed by atoms with E-state index in [1.165, 1.54) is 4.80 Å². The lowest BCUT2D eigenvalue weighted by atomic mass is 10.2. The highest BCUT2D eigenvalue weighted by molar-refractivity contribution is 6.17. The number of rotatable bonds is 3. The normalized spacial score (nSPS) is 10.4. The van der Waals surface area contributed by atoms with Crippen molar-refractivity contribution in [2.75, 3.05) is 5.88 Å². The molecule has 5 heteroatoms. The fraction of sp³-hybridized carbons (Fsp3) is 0.222. The number of nitrogens with zero attached hydrogens (tertiary/aromatic N) is 4. The van der Waals surface area contributed by atoms with Crippen molar-refractivity contribution in [2.24, 2.45) is 0 Å². The van der Waals surface area contributed by atoms with Crippen LogP contribution in [0.15, 0.2) is 30.3 Å². The highest BCUT2D eigenvalue weighted by Gasteiger charge is 2.03. The molecule has 72 valence electrons. The van der Waals surface area contributed by atoms with E-state index in [1.807, 2.05) is 30.3 Å². The van der Waals surface area contributed by atoms with E-state index in [2.05, 4.69) is 15.4 Å². The fourth-order valence-corrected chi connectivity index (χ4v) is 1.27. The predicted molar refractivity (Wildman–Crippen MR) is 54.0 cm³/mol. The summed E-state index contributed by atoms with van der Waals surface area (Å²) in [5, 5.41) is 12.0. The zero-order valence-corrected chi connectivity index (χ0v) is 8.22. The lowest BCUT2D eigenvalue weighted by molar-refractivity contribution is 0.556. The number of aryl methyl sites for hydroxylation is 1. The Balaban J connectivity index is 2.25. The van der Waals surface area contributed by atoms with Crippen LogP contribution in [0.3, 0.4) is 0 Å². The van der Waals surface area contributed by atoms with Gasteiger partial charge in [0.1, 0.15) is 0 Å². The lowest BCUT2D eigenvalue weighted by Gasteiger charge is -1.92. The monoisotopic (exact) mass is 208 g/mol. The third kappa shape index (κ3) is 1.90. The van der Waals surface area contributed by atoms with Gasteiger partial charge in [0.2, 0.25) is 5.82 Å². The average Bonchev–Trinajstić information content (AvgIpc) is 2.68. The summed E-state index contributed by atoms with van der Waals surface area (Å²) in [4.78, 5) is 1.50. The molecule has 1 aromatic heterocycles. The van der Waals surface area contributed by atoms with Gasteiger partial charge in [0.25, 0.3) is 0 Å². The molecule has 4 nitrogen and oxygen atoms in total. The van der Waals surface area contributed by atoms with E-state index < -0.39 is 0 Å². The fourth-order valence-electron chi connectivity index (χ4n) is 1.12. The van der Waals surface area contributed by atoms with Gasteiger partial charge in [0, 0.05) is 11.4 Å². The van der Waals surface area contributed by atoms with Crippen LogP contribution >= 0.6 is 11.6 Å². The molecule has 0 saturated heterocycles. The summed E-state index contributed by atoms with van der Waals surface area (Å²) in [6.45, 7) is 0.585. The third-order valence-electron chi connectivity index (χ3n) is 1.77. The van der Waals surface area contributed by atoms with Gasteiger partial charge in [-0.2, -0.15) is 4.80 Å². The molecule has 0 aliphatic heterocycles. The highest BCUT2D eigenvalue weighted by atomic mass is 35.5. The van der Waals surface area contributed by atoms with Crippen LogP contribution in [0.2, 0.25) is 0 Å². The highest BCUT2D eigenvalue weighted by Crippen LogP contribution is 2.11. The van der Waals surface area contributed by atoms with Gasteiger partial charge < -0.3 is 0 Å². The number of halogens is 1. The van der Waals surface area contributed by atoms with Crippen molar-refractivity contribution in [2.45, 2.75) is 6.54 Å². The molecule has 1 heterocycles. The minimum Gasteiger partial charge on any atom is -0.163 e. The second-order valence-electron chi connectivity index (χ2n) is 2.76. The van der Waals surface area contributed by atoms with Gasteiger partial charge in [-0.25, -0.2) is 0 Å². The van der Waals surface area contributed by atoms with E-state index >= 15 is 0 Å². The Morgan fingerprint density at radius 1 is 1.21 bits per heavy atom. The molecule has 0 aliphatic carbocycles. The summed E-state index contributed by atoms with van der Waals surface area (Å²) < 4.78 is 0. The van der Waals surface area contributed by atoms with Gasteiger partial charge in [0.15, 0.2) is 0 Å². The quantitative estimate of drug-likeness (QED) is 0.720. The standard InChI is InChI=1S/C9H9ClN4/c10-6-7-14-12-9(11-13-14)8-4-2-1-3-5-8/h1-5H,6-7H2. The van der Waals surface area contributed by atoms with Crippen molar-refractivity contribution in [1.29, 1.82) is 0 Å². The minimum atomic E-state index is 0.491. The van der Waals surface area contributed by atoms with Crippen molar-refractivity contribution >= 4 is 11.6 Å². The Kier molecular flexibility index (Phi) is 2.74. The molecule has 0 spiro atoms. The third-order valence-corrected chi connectivity index (χ3v) is 1.94. The molecule has 0 amide bonds. The Morgan fingerprint density at radius 2 is 2.00 bits per heavy atom. The van der Waals surface area contributed by atoms with Crippen LogP contribution in [0.4, 0.5) is 0 Å². The van der Waals surface area contributed by atoms with Crippen molar-refractivity contribution in [1.82, 2.24) is 20.2 Å². The maximum atomic E-state index is 5.56. The zero-order chi connectivity index (χ0) is 9.80. The minimum absolute atomic E-state index is 0.491. The molecule has 0 saturated carbocycles. The molecule has 0 radical (unpaired) electrons. The SMILES string of the molecule is ClCCn1nnc(-c2ccccc2)n1. The van der Waals surface area contributed by atoms with E-state index in [-0.39, 0.29) is 0 Å². The Bertz CT molecular complexity index is 398. The second kappa shape index (κ2) is 4.19. The molecule has 2 aromatic rings. The Hall–Kier alpha value is -1.42. The van der Waals surface area contributed by atoms with Crippen LogP contribution in [-0.2, 0) is 6.54 Å². The van der Waals surface area contributed by atoms with Crippen molar-refractivity contribution in [3.05, 3.63) is 30.3 Å². The van der Waals surface area contributed by atoms with E-state index in [9.17, 15) is 0 Å². The summed E-state index contributed by atoms with van der Waals surface area (Å²) in [5.74, 6) is 1.13. The molecule has 1 aromatic carbocycles. The molecular formula is C9H9ClN4. The van der Waals surface area contributed by atoms with Gasteiger partial charge in [-0.3, -0.25) is 0 Å². The van der Waals surface area contributed by atoms with Crippen molar-refractivity contribution in [3.8, 4) is 11.4 Å². The number of alkyl halides is 1. The van der Waals surface area contributed by atoms with Gasteiger partial charge in [-0.05, 0) is 5.21 Å². The summed E-state index contributed by atoms with van der Waals surface area (Å²) in [5.41, 5.74) is 0.966. The maximum absolute atomic E-state index is 5.56. The number of hydrogen-bond acceptors (Lipinski definition) is 3. The van der Waals surface area contributed by atoms with Crippen molar-refractivity contribution < 1.29 is 0 Å². The first kappa shape index (κ1) is 9.15. The van der Waals surface area contributed by atoms with Gasteiger partial charge in [0.05, 0.1) is 6.54 Å². The van der Waals surface area contributed by atoms with E-state index in [1.54, 1.807) is 0 Å². The number of hydrogen-bond donors (Lipinski definition) is 0. The maximum Gasteiger partial charge on any atom is 0.204 e. The summed E-state index contributed by atoms with van der Waals surface area (Å²) >= 11 is 5.56. The number of aromatic nitrogens is 4. The van der Waals surface area contributed by atoms with Crippen LogP contribution in [0.25, 0.3) is 11.4 Å². The Labute approximate surface area is 86.5 Å². The molecule has 2 rings (SSSR count). The molecule has 0 unspecified atom stereocenters. The number of benzene rings is 1. The Morgan fingerprint density at radius 3 is 2.71 bits per heavy atom. The topological polar surface area (TPSA) is 43.6 Å². The first-order valence-corrected chi connectivity index (χ1v) is 4.83. The first-order valence-electron chi connectivity index (χ1n) is 4.29. The smallest absolute Gasteiger partial charge is 0.163 e. The van der Waals surface area contributed by atoms with Crippen LogP contribution < -0.4 is 0 Å². The molecule has 0 fully saturated rings. The first-order chi connectivity index (χ1) is 6.90. The summed E-state index contributed by atoms with van der Waals surface area (Å²) in [6, 6.07) is 9.73. The van der Waals surface area contributed by atoms with Crippen LogP contribution in [0.1, 0.15) is 0 Å². The molecule has 14 heavy (non-hydrogen) atoms. The predicted octanol–water partition coefficient (Wildman–Crippen LogP) is 1.58. The van der Waals surface area contributed by atoms with E-state index in [0.717, 1.165) is 5.56 Å². The average molecular weight is 209 g/mol. The zero-order valence-electron chi connectivity index (χ0n) is 7.47. The van der Waals surface area contributed by atoms with Crippen LogP contribution in [0.5, 0.6) is 0 Å². The molecule has 0 N–H and O–H groups in total. The van der Waals surface area contributed by atoms with Crippen LogP contribution in [0, 0.1) is 0 Å². The van der Waals surface area contributed by atoms with Gasteiger partial charge in [-0.1, -0.05) is 30.3 Å². The number of tetrazole rings is 1. The molecular weight excluding hydrogens is 200 g/mol. The van der Waals surface area contributed by atoms with Crippen LogP contribution in [-0.4, -0.2) is 26.1 Å². The second-order valence-corrected chi connectivity index (χ2v) is 3.14. The lowest BCUT2D eigenvalue weighted by Crippen LogP contribution is -2.03. The molecule has 0 bridgehead atoms. The van der Waals surface area contributed by atoms with Crippen molar-refractivity contribution in [3.63, 3.8) is 0 Å². The van der Waals surface area contributed by atoms with E-state index in [0.29, 0.717) is 18.2 Å².